The lowest BCUT2D eigenvalue weighted by atomic mass is 10.0. The second-order valence-corrected chi connectivity index (χ2v) is 6.53. The molecule has 1 aliphatic rings. The van der Waals surface area contributed by atoms with E-state index in [2.05, 4.69) is 53.3 Å². The van der Waals surface area contributed by atoms with Gasteiger partial charge in [0, 0.05) is 16.6 Å². The first-order valence-corrected chi connectivity index (χ1v) is 7.54. The fraction of sp³-hybridized carbons (Fsp3) is 0.600. The van der Waals surface area contributed by atoms with Gasteiger partial charge in [-0.3, -0.25) is 0 Å². The number of hydrogen-bond acceptors (Lipinski definition) is 2. The van der Waals surface area contributed by atoms with Crippen molar-refractivity contribution < 1.29 is 5.11 Å². The molecule has 1 aliphatic carbocycles. The van der Waals surface area contributed by atoms with Crippen LogP contribution < -0.4 is 5.32 Å². The molecule has 1 aromatic rings. The Morgan fingerprint density at radius 2 is 2.22 bits per heavy atom. The molecule has 18 heavy (non-hydrogen) atoms. The summed E-state index contributed by atoms with van der Waals surface area (Å²) in [5, 5.41) is 13.1. The maximum Gasteiger partial charge on any atom is 0.0584 e. The number of hydrogen-bond donors (Lipinski definition) is 2. The number of aliphatic hydroxyl groups is 1. The molecule has 2 atom stereocenters. The van der Waals surface area contributed by atoms with E-state index in [-0.39, 0.29) is 12.6 Å². The van der Waals surface area contributed by atoms with E-state index in [0.29, 0.717) is 12.0 Å². The Balaban J connectivity index is 2.04. The standard InChI is InChI=1S/C15H22BrNO/c1-10(2)7-13(9-18)17-15-6-3-11-8-12(16)4-5-14(11)15/h4-5,8,10,13,15,17-18H,3,6-7,9H2,1-2H3. The van der Waals surface area contributed by atoms with Crippen molar-refractivity contribution >= 4 is 15.9 Å². The van der Waals surface area contributed by atoms with Gasteiger partial charge in [0.1, 0.15) is 0 Å². The molecule has 0 aliphatic heterocycles. The molecular formula is C15H22BrNO. The van der Waals surface area contributed by atoms with Crippen LogP contribution in [0.5, 0.6) is 0 Å². The van der Waals surface area contributed by atoms with Crippen LogP contribution in [0.3, 0.4) is 0 Å². The van der Waals surface area contributed by atoms with Crippen LogP contribution in [0.25, 0.3) is 0 Å². The summed E-state index contributed by atoms with van der Waals surface area (Å²) in [7, 11) is 0. The minimum absolute atomic E-state index is 0.213. The van der Waals surface area contributed by atoms with E-state index in [0.717, 1.165) is 23.7 Å². The minimum atomic E-state index is 0.213. The molecule has 2 unspecified atom stereocenters. The fourth-order valence-corrected chi connectivity index (χ4v) is 3.22. The highest BCUT2D eigenvalue weighted by atomic mass is 79.9. The van der Waals surface area contributed by atoms with Crippen LogP contribution in [0.4, 0.5) is 0 Å². The molecule has 0 saturated carbocycles. The summed E-state index contributed by atoms with van der Waals surface area (Å²) in [5.74, 6) is 0.612. The van der Waals surface area contributed by atoms with Crippen LogP contribution in [0, 0.1) is 5.92 Å². The highest BCUT2D eigenvalue weighted by molar-refractivity contribution is 9.10. The van der Waals surface area contributed by atoms with Crippen molar-refractivity contribution in [3.05, 3.63) is 33.8 Å². The molecule has 0 fully saturated rings. The second kappa shape index (κ2) is 6.18. The molecule has 2 nitrogen and oxygen atoms in total. The first kappa shape index (κ1) is 14.0. The lowest BCUT2D eigenvalue weighted by Gasteiger charge is -2.23. The number of aryl methyl sites for hydroxylation is 1. The van der Waals surface area contributed by atoms with E-state index in [4.69, 9.17) is 0 Å². The van der Waals surface area contributed by atoms with Gasteiger partial charge in [-0.25, -0.2) is 0 Å². The van der Waals surface area contributed by atoms with Gasteiger partial charge in [0.2, 0.25) is 0 Å². The molecule has 1 aromatic carbocycles. The average Bonchev–Trinajstić information content (AvgIpc) is 2.70. The topological polar surface area (TPSA) is 32.3 Å². The third-order valence-corrected chi connectivity index (χ3v) is 4.09. The number of nitrogens with one attached hydrogen (secondary N) is 1. The Morgan fingerprint density at radius 1 is 1.44 bits per heavy atom. The Kier molecular flexibility index (Phi) is 4.82. The zero-order chi connectivity index (χ0) is 13.1. The van der Waals surface area contributed by atoms with Crippen LogP contribution in [-0.2, 0) is 6.42 Å². The van der Waals surface area contributed by atoms with Crippen LogP contribution in [0.1, 0.15) is 43.9 Å². The van der Waals surface area contributed by atoms with Crippen molar-refractivity contribution in [2.24, 2.45) is 5.92 Å². The molecule has 0 saturated heterocycles. The summed E-state index contributed by atoms with van der Waals surface area (Å²) >= 11 is 3.52. The van der Waals surface area contributed by atoms with Crippen LogP contribution >= 0.6 is 15.9 Å². The molecular weight excluding hydrogens is 290 g/mol. The lowest BCUT2D eigenvalue weighted by Crippen LogP contribution is -2.36. The molecule has 2 rings (SSSR count). The highest BCUT2D eigenvalue weighted by Gasteiger charge is 2.24. The third-order valence-electron chi connectivity index (χ3n) is 3.60. The van der Waals surface area contributed by atoms with E-state index >= 15 is 0 Å². The van der Waals surface area contributed by atoms with Gasteiger partial charge in [0.25, 0.3) is 0 Å². The van der Waals surface area contributed by atoms with Gasteiger partial charge in [-0.1, -0.05) is 35.8 Å². The average molecular weight is 312 g/mol. The minimum Gasteiger partial charge on any atom is -0.395 e. The summed E-state index contributed by atoms with van der Waals surface area (Å²) < 4.78 is 1.16. The van der Waals surface area contributed by atoms with E-state index in [1.54, 1.807) is 0 Å². The molecule has 0 spiro atoms. The van der Waals surface area contributed by atoms with Gasteiger partial charge < -0.3 is 10.4 Å². The number of benzene rings is 1. The predicted octanol–water partition coefficient (Wildman–Crippen LogP) is 3.43. The third kappa shape index (κ3) is 3.34. The van der Waals surface area contributed by atoms with E-state index in [9.17, 15) is 5.11 Å². The van der Waals surface area contributed by atoms with Gasteiger partial charge in [-0.05, 0) is 48.4 Å². The van der Waals surface area contributed by atoms with Gasteiger partial charge in [0.05, 0.1) is 6.61 Å². The number of aliphatic hydroxyl groups excluding tert-OH is 1. The number of rotatable bonds is 5. The Morgan fingerprint density at radius 3 is 2.89 bits per heavy atom. The first-order chi connectivity index (χ1) is 8.60. The van der Waals surface area contributed by atoms with E-state index < -0.39 is 0 Å². The Bertz CT molecular complexity index is 405. The summed E-state index contributed by atoms with van der Waals surface area (Å²) in [6, 6.07) is 7.14. The quantitative estimate of drug-likeness (QED) is 0.873. The van der Waals surface area contributed by atoms with Crippen molar-refractivity contribution in [2.45, 2.75) is 45.2 Å². The normalized spacial score (nSPS) is 20.2. The van der Waals surface area contributed by atoms with Crippen molar-refractivity contribution in [3.63, 3.8) is 0 Å². The molecule has 2 N–H and O–H groups in total. The summed E-state index contributed by atoms with van der Waals surface area (Å²) in [4.78, 5) is 0. The molecule has 3 heteroatoms. The largest absolute Gasteiger partial charge is 0.395 e. The monoisotopic (exact) mass is 311 g/mol. The molecule has 0 radical (unpaired) electrons. The first-order valence-electron chi connectivity index (χ1n) is 6.75. The van der Waals surface area contributed by atoms with Crippen molar-refractivity contribution in [1.82, 2.24) is 5.32 Å². The maximum atomic E-state index is 9.46. The van der Waals surface area contributed by atoms with Gasteiger partial charge in [-0.15, -0.1) is 0 Å². The van der Waals surface area contributed by atoms with E-state index in [1.165, 1.54) is 11.1 Å². The SMILES string of the molecule is CC(C)CC(CO)NC1CCc2cc(Br)ccc21. The molecule has 0 bridgehead atoms. The molecule has 0 aromatic heterocycles. The van der Waals surface area contributed by atoms with Crippen LogP contribution in [-0.4, -0.2) is 17.8 Å². The maximum absolute atomic E-state index is 9.46. The van der Waals surface area contributed by atoms with Gasteiger partial charge in [-0.2, -0.15) is 0 Å². The van der Waals surface area contributed by atoms with Crippen molar-refractivity contribution in [1.29, 1.82) is 0 Å². The summed E-state index contributed by atoms with van der Waals surface area (Å²) in [6.45, 7) is 4.62. The Hall–Kier alpha value is -0.380. The lowest BCUT2D eigenvalue weighted by molar-refractivity contribution is 0.212. The fourth-order valence-electron chi connectivity index (χ4n) is 2.81. The summed E-state index contributed by atoms with van der Waals surface area (Å²) in [6.07, 6.45) is 3.30. The molecule has 0 amide bonds. The Labute approximate surface area is 118 Å². The predicted molar refractivity (Wildman–Crippen MR) is 78.7 cm³/mol. The highest BCUT2D eigenvalue weighted by Crippen LogP contribution is 2.33. The smallest absolute Gasteiger partial charge is 0.0584 e. The van der Waals surface area contributed by atoms with Crippen LogP contribution in [0.2, 0.25) is 0 Å². The number of fused-ring (bicyclic) bond motifs is 1. The van der Waals surface area contributed by atoms with Gasteiger partial charge >= 0.3 is 0 Å². The van der Waals surface area contributed by atoms with Crippen molar-refractivity contribution in [3.8, 4) is 0 Å². The molecule has 0 heterocycles. The second-order valence-electron chi connectivity index (χ2n) is 5.61. The zero-order valence-electron chi connectivity index (χ0n) is 11.1. The van der Waals surface area contributed by atoms with Crippen molar-refractivity contribution in [2.75, 3.05) is 6.61 Å². The van der Waals surface area contributed by atoms with Gasteiger partial charge in [0.15, 0.2) is 0 Å². The zero-order valence-corrected chi connectivity index (χ0v) is 12.7. The van der Waals surface area contributed by atoms with E-state index in [1.807, 2.05) is 0 Å². The molecule has 100 valence electrons. The summed E-state index contributed by atoms with van der Waals surface area (Å²) in [5.41, 5.74) is 2.84. The van der Waals surface area contributed by atoms with Crippen LogP contribution in [0.15, 0.2) is 22.7 Å². The number of halogens is 1.